The van der Waals surface area contributed by atoms with Gasteiger partial charge in [-0.2, -0.15) is 0 Å². The Morgan fingerprint density at radius 1 is 0.938 bits per heavy atom. The molecule has 1 rings (SSSR count). The maximum absolute atomic E-state index is 3.18. The lowest BCUT2D eigenvalue weighted by Crippen LogP contribution is -2.45. The van der Waals surface area contributed by atoms with E-state index in [0.717, 1.165) is 6.54 Å². The van der Waals surface area contributed by atoms with Gasteiger partial charge in [0.25, 0.3) is 0 Å². The Morgan fingerprint density at radius 3 is 1.88 bits per heavy atom. The predicted octanol–water partition coefficient (Wildman–Crippen LogP) is 1.90. The van der Waals surface area contributed by atoms with Crippen LogP contribution in [0.2, 0.25) is 0 Å². The normalized spacial score (nSPS) is 16.9. The molecule has 0 bridgehead atoms. The first kappa shape index (κ1) is 18.3. The molecule has 1 aliphatic heterocycles. The molecule has 0 unspecified atom stereocenters. The quantitative estimate of drug-likeness (QED) is 0.746. The molecule has 0 aromatic carbocycles. The van der Waals surface area contributed by atoms with Crippen molar-refractivity contribution in [1.29, 1.82) is 0 Å². The van der Waals surface area contributed by atoms with E-state index in [1.165, 1.54) is 39.1 Å². The molecule has 1 saturated heterocycles. The summed E-state index contributed by atoms with van der Waals surface area (Å²) in [5.41, 5.74) is 0. The molecule has 0 aromatic heterocycles. The Balaban J connectivity index is 0. The number of nitrogens with zero attached hydrogens (tertiary/aromatic N) is 2. The minimum atomic E-state index is 1.15. The van der Waals surface area contributed by atoms with Crippen molar-refractivity contribution in [2.75, 3.05) is 53.4 Å². The lowest BCUT2D eigenvalue weighted by molar-refractivity contribution is 0.153. The van der Waals surface area contributed by atoms with E-state index in [1.807, 2.05) is 34.7 Å². The lowest BCUT2D eigenvalue weighted by atomic mass is 10.3. The summed E-state index contributed by atoms with van der Waals surface area (Å²) in [6.07, 6.45) is 1.28. The average Bonchev–Trinajstić information content (AvgIpc) is 2.37. The van der Waals surface area contributed by atoms with Crippen LogP contribution < -0.4 is 5.32 Å². The molecule has 0 amide bonds. The molecule has 100 valence electrons. The Morgan fingerprint density at radius 2 is 1.44 bits per heavy atom. The fourth-order valence-corrected chi connectivity index (χ4v) is 1.55. The van der Waals surface area contributed by atoms with Crippen LogP contribution >= 0.6 is 0 Å². The fraction of sp³-hybridized carbons (Fsp3) is 1.00. The summed E-state index contributed by atoms with van der Waals surface area (Å²) < 4.78 is 0. The van der Waals surface area contributed by atoms with Gasteiger partial charge >= 0.3 is 0 Å². The third-order valence-corrected chi connectivity index (χ3v) is 2.50. The summed E-state index contributed by atoms with van der Waals surface area (Å²) in [7, 11) is 4.22. The van der Waals surface area contributed by atoms with Crippen molar-refractivity contribution < 1.29 is 0 Å². The van der Waals surface area contributed by atoms with Gasteiger partial charge in [0, 0.05) is 26.2 Å². The number of hydrogen-bond donors (Lipinski definition) is 1. The van der Waals surface area contributed by atoms with E-state index in [2.05, 4.69) is 22.2 Å². The highest BCUT2D eigenvalue weighted by Gasteiger charge is 2.12. The van der Waals surface area contributed by atoms with Gasteiger partial charge < -0.3 is 15.1 Å². The van der Waals surface area contributed by atoms with E-state index >= 15 is 0 Å². The van der Waals surface area contributed by atoms with Crippen LogP contribution in [-0.2, 0) is 0 Å². The summed E-state index contributed by atoms with van der Waals surface area (Å²) in [6, 6.07) is 0. The van der Waals surface area contributed by atoms with Crippen LogP contribution in [-0.4, -0.2) is 63.2 Å². The molecule has 0 aromatic rings. The van der Waals surface area contributed by atoms with Crippen molar-refractivity contribution in [3.63, 3.8) is 0 Å². The Kier molecular flexibility index (Phi) is 17.0. The lowest BCUT2D eigenvalue weighted by Gasteiger charge is -2.32. The molecule has 1 fully saturated rings. The number of nitrogens with one attached hydrogen (secondary N) is 1. The summed E-state index contributed by atoms with van der Waals surface area (Å²) in [6.45, 7) is 15.4. The smallest absolute Gasteiger partial charge is 0.0110 e. The van der Waals surface area contributed by atoms with E-state index in [9.17, 15) is 0 Å². The minimum Gasteiger partial charge on any atom is -0.320 e. The van der Waals surface area contributed by atoms with Crippen LogP contribution in [0.3, 0.4) is 0 Å². The van der Waals surface area contributed by atoms with E-state index in [-0.39, 0.29) is 0 Å². The SMILES string of the molecule is CC.CC.CNCCCN1CCN(C)CC1. The zero-order chi connectivity index (χ0) is 12.8. The minimum absolute atomic E-state index is 1.15. The molecular weight excluding hydrogens is 198 g/mol. The number of likely N-dealkylation sites (N-methyl/N-ethyl adjacent to an activating group) is 1. The van der Waals surface area contributed by atoms with Crippen LogP contribution in [0.5, 0.6) is 0 Å². The molecule has 1 heterocycles. The topological polar surface area (TPSA) is 18.5 Å². The van der Waals surface area contributed by atoms with E-state index in [4.69, 9.17) is 0 Å². The maximum atomic E-state index is 3.18. The van der Waals surface area contributed by atoms with E-state index < -0.39 is 0 Å². The highest BCUT2D eigenvalue weighted by Crippen LogP contribution is 1.99. The Hall–Kier alpha value is -0.120. The first-order valence-corrected chi connectivity index (χ1v) is 6.88. The third kappa shape index (κ3) is 10.4. The average molecular weight is 231 g/mol. The molecule has 0 atom stereocenters. The van der Waals surface area contributed by atoms with Gasteiger partial charge in [0.05, 0.1) is 0 Å². The van der Waals surface area contributed by atoms with Crippen molar-refractivity contribution in [2.24, 2.45) is 0 Å². The molecule has 0 saturated carbocycles. The second-order valence-electron chi connectivity index (χ2n) is 3.60. The Labute approximate surface area is 103 Å². The van der Waals surface area contributed by atoms with Crippen molar-refractivity contribution in [2.45, 2.75) is 34.1 Å². The zero-order valence-corrected chi connectivity index (χ0v) is 12.3. The van der Waals surface area contributed by atoms with Gasteiger partial charge in [0.15, 0.2) is 0 Å². The van der Waals surface area contributed by atoms with Crippen molar-refractivity contribution in [3.05, 3.63) is 0 Å². The van der Waals surface area contributed by atoms with Gasteiger partial charge in [-0.3, -0.25) is 0 Å². The van der Waals surface area contributed by atoms with Crippen LogP contribution in [0.4, 0.5) is 0 Å². The van der Waals surface area contributed by atoms with E-state index in [1.54, 1.807) is 0 Å². The Bertz CT molecular complexity index is 110. The van der Waals surface area contributed by atoms with Gasteiger partial charge in [-0.15, -0.1) is 0 Å². The van der Waals surface area contributed by atoms with Crippen molar-refractivity contribution in [3.8, 4) is 0 Å². The molecule has 0 radical (unpaired) electrons. The predicted molar refractivity (Wildman–Crippen MR) is 75.2 cm³/mol. The van der Waals surface area contributed by atoms with Crippen LogP contribution in [0.1, 0.15) is 34.1 Å². The first-order valence-electron chi connectivity index (χ1n) is 6.88. The highest BCUT2D eigenvalue weighted by atomic mass is 15.2. The summed E-state index contributed by atoms with van der Waals surface area (Å²) in [4.78, 5) is 4.95. The maximum Gasteiger partial charge on any atom is 0.0110 e. The standard InChI is InChI=1S/C9H21N3.2C2H6/c1-10-4-3-5-12-8-6-11(2)7-9-12;2*1-2/h10H,3-9H2,1-2H3;2*1-2H3. The van der Waals surface area contributed by atoms with Gasteiger partial charge in [-0.05, 0) is 33.6 Å². The van der Waals surface area contributed by atoms with Crippen LogP contribution in [0.25, 0.3) is 0 Å². The number of hydrogen-bond acceptors (Lipinski definition) is 3. The fourth-order valence-electron chi connectivity index (χ4n) is 1.55. The van der Waals surface area contributed by atoms with Gasteiger partial charge in [0.2, 0.25) is 0 Å². The summed E-state index contributed by atoms with van der Waals surface area (Å²) >= 11 is 0. The second kappa shape index (κ2) is 14.9. The van der Waals surface area contributed by atoms with Crippen molar-refractivity contribution in [1.82, 2.24) is 15.1 Å². The van der Waals surface area contributed by atoms with Gasteiger partial charge in [-0.1, -0.05) is 27.7 Å². The number of piperazine rings is 1. The summed E-state index contributed by atoms with van der Waals surface area (Å²) in [5.74, 6) is 0. The molecule has 0 spiro atoms. The molecule has 16 heavy (non-hydrogen) atoms. The molecule has 0 aliphatic carbocycles. The second-order valence-corrected chi connectivity index (χ2v) is 3.60. The molecule has 3 heteroatoms. The van der Waals surface area contributed by atoms with Crippen molar-refractivity contribution >= 4 is 0 Å². The van der Waals surface area contributed by atoms with Crippen LogP contribution in [0, 0.1) is 0 Å². The van der Waals surface area contributed by atoms with E-state index in [0.29, 0.717) is 0 Å². The molecule has 3 nitrogen and oxygen atoms in total. The first-order chi connectivity index (χ1) is 7.83. The largest absolute Gasteiger partial charge is 0.320 e. The summed E-state index contributed by atoms with van der Waals surface area (Å²) in [5, 5.41) is 3.18. The van der Waals surface area contributed by atoms with Gasteiger partial charge in [-0.25, -0.2) is 0 Å². The zero-order valence-electron chi connectivity index (χ0n) is 12.3. The number of rotatable bonds is 4. The van der Waals surface area contributed by atoms with Crippen LogP contribution in [0.15, 0.2) is 0 Å². The highest BCUT2D eigenvalue weighted by molar-refractivity contribution is 4.68. The third-order valence-electron chi connectivity index (χ3n) is 2.50. The molecule has 1 aliphatic rings. The molecular formula is C13H33N3. The van der Waals surface area contributed by atoms with Gasteiger partial charge in [0.1, 0.15) is 0 Å². The molecule has 1 N–H and O–H groups in total. The monoisotopic (exact) mass is 231 g/mol.